The number of hydrogen-bond acceptors (Lipinski definition) is 5. The fourth-order valence-electron chi connectivity index (χ4n) is 2.95. The third-order valence-electron chi connectivity index (χ3n) is 4.25. The minimum Gasteiger partial charge on any atom is -0.493 e. The van der Waals surface area contributed by atoms with Gasteiger partial charge < -0.3 is 15.2 Å². The summed E-state index contributed by atoms with van der Waals surface area (Å²) in [7, 11) is -1.28. The van der Waals surface area contributed by atoms with Gasteiger partial charge in [-0.1, -0.05) is 12.8 Å². The Morgan fingerprint density at radius 3 is 2.43 bits per heavy atom. The van der Waals surface area contributed by atoms with Crippen molar-refractivity contribution in [3.63, 3.8) is 0 Å². The van der Waals surface area contributed by atoms with Crippen molar-refractivity contribution in [2.24, 2.45) is 11.7 Å². The Morgan fingerprint density at radius 1 is 1.22 bits per heavy atom. The predicted molar refractivity (Wildman–Crippen MR) is 84.6 cm³/mol. The van der Waals surface area contributed by atoms with Crippen LogP contribution < -0.4 is 19.9 Å². The van der Waals surface area contributed by atoms with Crippen LogP contribution in [0, 0.1) is 11.7 Å². The van der Waals surface area contributed by atoms with Gasteiger partial charge in [0, 0.05) is 18.2 Å². The van der Waals surface area contributed by atoms with Gasteiger partial charge in [-0.3, -0.25) is 0 Å². The van der Waals surface area contributed by atoms with Gasteiger partial charge in [0.2, 0.25) is 10.0 Å². The van der Waals surface area contributed by atoms with Crippen molar-refractivity contribution in [3.05, 3.63) is 17.9 Å². The van der Waals surface area contributed by atoms with E-state index in [1.807, 2.05) is 0 Å². The van der Waals surface area contributed by atoms with E-state index in [4.69, 9.17) is 15.2 Å². The van der Waals surface area contributed by atoms with Crippen molar-refractivity contribution in [3.8, 4) is 11.5 Å². The maximum absolute atomic E-state index is 14.2. The van der Waals surface area contributed by atoms with Gasteiger partial charge in [0.25, 0.3) is 0 Å². The van der Waals surface area contributed by atoms with Crippen LogP contribution >= 0.6 is 0 Å². The lowest BCUT2D eigenvalue weighted by Gasteiger charge is -2.31. The quantitative estimate of drug-likeness (QED) is 0.817. The zero-order valence-electron chi connectivity index (χ0n) is 13.3. The van der Waals surface area contributed by atoms with Crippen molar-refractivity contribution in [2.45, 2.75) is 36.6 Å². The largest absolute Gasteiger partial charge is 0.493 e. The van der Waals surface area contributed by atoms with Gasteiger partial charge in [-0.2, -0.15) is 0 Å². The molecule has 0 bridgehead atoms. The minimum absolute atomic E-state index is 0.0710. The van der Waals surface area contributed by atoms with Gasteiger partial charge in [-0.05, 0) is 25.3 Å². The fraction of sp³-hybridized carbons (Fsp3) is 0.600. The van der Waals surface area contributed by atoms with E-state index in [0.717, 1.165) is 31.4 Å². The molecule has 1 saturated carbocycles. The first-order valence-electron chi connectivity index (χ1n) is 7.57. The zero-order valence-corrected chi connectivity index (χ0v) is 14.2. The second-order valence-corrected chi connectivity index (χ2v) is 7.33. The van der Waals surface area contributed by atoms with Crippen LogP contribution in [0.5, 0.6) is 11.5 Å². The summed E-state index contributed by atoms with van der Waals surface area (Å²) in [5, 5.41) is 0. The first-order chi connectivity index (χ1) is 10.9. The average molecular weight is 346 g/mol. The third-order valence-corrected chi connectivity index (χ3v) is 5.75. The van der Waals surface area contributed by atoms with E-state index in [9.17, 15) is 12.8 Å². The zero-order chi connectivity index (χ0) is 17.0. The molecule has 3 N–H and O–H groups in total. The summed E-state index contributed by atoms with van der Waals surface area (Å²) in [6, 6.07) is 1.87. The van der Waals surface area contributed by atoms with Gasteiger partial charge in [0.1, 0.15) is 10.7 Å². The van der Waals surface area contributed by atoms with Crippen LogP contribution in [0.4, 0.5) is 4.39 Å². The normalized spacial score (nSPS) is 21.9. The average Bonchev–Trinajstić information content (AvgIpc) is 2.54. The Morgan fingerprint density at radius 2 is 1.83 bits per heavy atom. The molecule has 1 fully saturated rings. The highest BCUT2D eigenvalue weighted by Gasteiger charge is 2.30. The fourth-order valence-corrected chi connectivity index (χ4v) is 4.36. The Hall–Kier alpha value is -1.38. The summed E-state index contributed by atoms with van der Waals surface area (Å²) in [4.78, 5) is -0.448. The van der Waals surface area contributed by atoms with E-state index in [1.54, 1.807) is 0 Å². The number of rotatable bonds is 6. The van der Waals surface area contributed by atoms with Crippen LogP contribution in [0.15, 0.2) is 17.0 Å². The highest BCUT2D eigenvalue weighted by atomic mass is 32.2. The monoisotopic (exact) mass is 346 g/mol. The van der Waals surface area contributed by atoms with Gasteiger partial charge >= 0.3 is 0 Å². The lowest BCUT2D eigenvalue weighted by Crippen LogP contribution is -2.44. The summed E-state index contributed by atoms with van der Waals surface area (Å²) in [5.74, 6) is -0.508. The maximum atomic E-state index is 14.2. The summed E-state index contributed by atoms with van der Waals surface area (Å²) >= 11 is 0. The molecule has 0 aliphatic heterocycles. The summed E-state index contributed by atoms with van der Waals surface area (Å²) in [6.07, 6.45) is 3.54. The van der Waals surface area contributed by atoms with Crippen LogP contribution in [0.1, 0.15) is 25.7 Å². The molecule has 2 rings (SSSR count). The maximum Gasteiger partial charge on any atom is 0.243 e. The molecule has 0 aromatic heterocycles. The molecule has 23 heavy (non-hydrogen) atoms. The number of nitrogens with one attached hydrogen (secondary N) is 1. The van der Waals surface area contributed by atoms with Crippen LogP contribution in [-0.2, 0) is 10.0 Å². The van der Waals surface area contributed by atoms with Crippen molar-refractivity contribution in [1.29, 1.82) is 0 Å². The van der Waals surface area contributed by atoms with Gasteiger partial charge in [0.05, 0.1) is 14.2 Å². The van der Waals surface area contributed by atoms with Crippen molar-refractivity contribution < 1.29 is 22.3 Å². The van der Waals surface area contributed by atoms with Gasteiger partial charge in [0.15, 0.2) is 11.5 Å². The van der Waals surface area contributed by atoms with Crippen LogP contribution in [-0.4, -0.2) is 35.2 Å². The summed E-state index contributed by atoms with van der Waals surface area (Å²) < 4.78 is 52.0. The molecule has 0 saturated heterocycles. The Balaban J connectivity index is 2.32. The molecule has 130 valence electrons. The number of ether oxygens (including phenoxy) is 2. The van der Waals surface area contributed by atoms with E-state index in [-0.39, 0.29) is 23.5 Å². The molecular formula is C15H23FN2O4S. The Labute approximate surface area is 136 Å². The molecule has 1 aromatic carbocycles. The molecule has 0 heterocycles. The van der Waals surface area contributed by atoms with E-state index in [1.165, 1.54) is 14.2 Å². The molecule has 0 radical (unpaired) electrons. The molecule has 2 atom stereocenters. The molecule has 0 unspecified atom stereocenters. The summed E-state index contributed by atoms with van der Waals surface area (Å²) in [6.45, 7) is 0.404. The Kier molecular flexibility index (Phi) is 5.83. The predicted octanol–water partition coefficient (Wildman–Crippen LogP) is 1.64. The number of nitrogens with two attached hydrogens (primary N) is 1. The lowest BCUT2D eigenvalue weighted by atomic mass is 9.85. The topological polar surface area (TPSA) is 90.7 Å². The van der Waals surface area contributed by atoms with Crippen LogP contribution in [0.25, 0.3) is 0 Å². The molecule has 0 amide bonds. The van der Waals surface area contributed by atoms with E-state index in [2.05, 4.69) is 4.72 Å². The second kappa shape index (κ2) is 7.46. The number of sulfonamides is 1. The van der Waals surface area contributed by atoms with Crippen molar-refractivity contribution in [1.82, 2.24) is 4.72 Å². The second-order valence-electron chi connectivity index (χ2n) is 5.65. The van der Waals surface area contributed by atoms with E-state index >= 15 is 0 Å². The SMILES string of the molecule is COc1cc(F)c(S(=O)(=O)N[C@@H]2CCCC[C@@H]2CN)cc1OC. The smallest absolute Gasteiger partial charge is 0.243 e. The first kappa shape index (κ1) is 18.0. The minimum atomic E-state index is -4.01. The number of hydrogen-bond donors (Lipinski definition) is 2. The standard InChI is InChI=1S/C15H23FN2O4S/c1-21-13-7-11(16)15(8-14(13)22-2)23(19,20)18-12-6-4-3-5-10(12)9-17/h7-8,10,12,18H,3-6,9,17H2,1-2H3/t10-,12-/m1/s1. The molecular weight excluding hydrogens is 323 g/mol. The number of benzene rings is 1. The van der Waals surface area contributed by atoms with Crippen molar-refractivity contribution >= 4 is 10.0 Å². The highest BCUT2D eigenvalue weighted by molar-refractivity contribution is 7.89. The summed E-state index contributed by atoms with van der Waals surface area (Å²) in [5.41, 5.74) is 5.72. The van der Waals surface area contributed by atoms with Gasteiger partial charge in [-0.25, -0.2) is 17.5 Å². The third kappa shape index (κ3) is 3.94. The first-order valence-corrected chi connectivity index (χ1v) is 9.05. The molecule has 0 spiro atoms. The number of methoxy groups -OCH3 is 2. The Bertz CT molecular complexity index is 651. The number of halogens is 1. The van der Waals surface area contributed by atoms with E-state index in [0.29, 0.717) is 13.0 Å². The molecule has 1 aromatic rings. The molecule has 6 nitrogen and oxygen atoms in total. The highest BCUT2D eigenvalue weighted by Crippen LogP contribution is 2.32. The molecule has 1 aliphatic rings. The van der Waals surface area contributed by atoms with E-state index < -0.39 is 20.7 Å². The van der Waals surface area contributed by atoms with Gasteiger partial charge in [-0.15, -0.1) is 0 Å². The molecule has 1 aliphatic carbocycles. The van der Waals surface area contributed by atoms with Crippen LogP contribution in [0.2, 0.25) is 0 Å². The molecule has 8 heteroatoms. The van der Waals surface area contributed by atoms with Crippen LogP contribution in [0.3, 0.4) is 0 Å². The lowest BCUT2D eigenvalue weighted by molar-refractivity contribution is 0.295. The van der Waals surface area contributed by atoms with Crippen molar-refractivity contribution in [2.75, 3.05) is 20.8 Å².